The normalized spacial score (nSPS) is 11.2. The number of Topliss-reactive ketones (excluding diaryl/α,β-unsaturated/α-hetero) is 1. The third kappa shape index (κ3) is 6.39. The molecule has 114 valence electrons. The molecule has 0 aromatic heterocycles. The summed E-state index contributed by atoms with van der Waals surface area (Å²) < 4.78 is 5.22. The third-order valence-corrected chi connectivity index (χ3v) is 3.18. The lowest BCUT2D eigenvalue weighted by Gasteiger charge is -2.07. The fourth-order valence-corrected chi connectivity index (χ4v) is 1.93. The number of carbonyl (C=O) groups excluding carboxylic acids is 2. The molecule has 0 unspecified atom stereocenters. The number of unbranched alkanes of at least 4 members (excludes halogenated alkanes) is 3. The molecule has 1 rings (SSSR count). The van der Waals surface area contributed by atoms with Crippen molar-refractivity contribution < 1.29 is 14.3 Å². The van der Waals surface area contributed by atoms with Gasteiger partial charge in [0.05, 0.1) is 6.61 Å². The molecule has 0 amide bonds. The summed E-state index contributed by atoms with van der Waals surface area (Å²) >= 11 is 0. The van der Waals surface area contributed by atoms with Gasteiger partial charge in [0.25, 0.3) is 0 Å². The van der Waals surface area contributed by atoms with E-state index in [-0.39, 0.29) is 11.4 Å². The van der Waals surface area contributed by atoms with Crippen LogP contribution in [-0.2, 0) is 14.3 Å². The van der Waals surface area contributed by atoms with E-state index >= 15 is 0 Å². The van der Waals surface area contributed by atoms with E-state index in [1.165, 1.54) is 0 Å². The highest BCUT2D eigenvalue weighted by Gasteiger charge is 2.18. The number of ketones is 1. The molecule has 0 aliphatic heterocycles. The first kappa shape index (κ1) is 17.2. The number of esters is 1. The topological polar surface area (TPSA) is 43.4 Å². The molecule has 21 heavy (non-hydrogen) atoms. The quantitative estimate of drug-likeness (QED) is 0.225. The van der Waals surface area contributed by atoms with Crippen molar-refractivity contribution in [2.24, 2.45) is 0 Å². The van der Waals surface area contributed by atoms with Gasteiger partial charge in [0.15, 0.2) is 5.78 Å². The first-order valence-corrected chi connectivity index (χ1v) is 7.66. The van der Waals surface area contributed by atoms with Gasteiger partial charge in [-0.15, -0.1) is 0 Å². The molecule has 0 saturated heterocycles. The second-order valence-corrected chi connectivity index (χ2v) is 4.94. The molecule has 0 spiro atoms. The Hall–Kier alpha value is -1.90. The Labute approximate surface area is 127 Å². The van der Waals surface area contributed by atoms with Crippen LogP contribution in [0, 0.1) is 0 Å². The molecular weight excluding hydrogens is 264 g/mol. The number of ether oxygens (including phenoxy) is 1. The lowest BCUT2D eigenvalue weighted by molar-refractivity contribution is -0.140. The van der Waals surface area contributed by atoms with Crippen LogP contribution in [0.25, 0.3) is 6.08 Å². The molecule has 0 aliphatic rings. The maximum absolute atomic E-state index is 12.1. The van der Waals surface area contributed by atoms with Crippen molar-refractivity contribution in [3.05, 3.63) is 41.5 Å². The Morgan fingerprint density at radius 1 is 1.05 bits per heavy atom. The van der Waals surface area contributed by atoms with Gasteiger partial charge in [-0.3, -0.25) is 4.79 Å². The molecule has 1 aromatic carbocycles. The molecule has 0 N–H and O–H groups in total. The minimum absolute atomic E-state index is 0.138. The van der Waals surface area contributed by atoms with Crippen LogP contribution in [0.5, 0.6) is 0 Å². The molecule has 0 aliphatic carbocycles. The van der Waals surface area contributed by atoms with Crippen LogP contribution in [-0.4, -0.2) is 18.4 Å². The van der Waals surface area contributed by atoms with E-state index in [0.29, 0.717) is 13.0 Å². The molecule has 1 aromatic rings. The van der Waals surface area contributed by atoms with Gasteiger partial charge in [-0.1, -0.05) is 63.4 Å². The van der Waals surface area contributed by atoms with Crippen molar-refractivity contribution >= 4 is 17.8 Å². The summed E-state index contributed by atoms with van der Waals surface area (Å²) in [5, 5.41) is 0. The number of hydrogen-bond donors (Lipinski definition) is 0. The summed E-state index contributed by atoms with van der Waals surface area (Å²) in [6.07, 6.45) is 6.07. The van der Waals surface area contributed by atoms with Crippen LogP contribution in [0.2, 0.25) is 0 Å². The third-order valence-electron chi connectivity index (χ3n) is 3.18. The average Bonchev–Trinajstić information content (AvgIpc) is 2.52. The highest BCUT2D eigenvalue weighted by molar-refractivity contribution is 6.20. The average molecular weight is 288 g/mol. The highest BCUT2D eigenvalue weighted by atomic mass is 16.5. The molecule has 0 saturated carbocycles. The largest absolute Gasteiger partial charge is 0.462 e. The van der Waals surface area contributed by atoms with Crippen LogP contribution in [0.4, 0.5) is 0 Å². The van der Waals surface area contributed by atoms with Crippen LogP contribution in [0.15, 0.2) is 35.9 Å². The van der Waals surface area contributed by atoms with Gasteiger partial charge in [0, 0.05) is 6.42 Å². The SMILES string of the molecule is CCCCCCOC(=O)C(=Cc1ccccc1)C(=O)CC. The van der Waals surface area contributed by atoms with Crippen molar-refractivity contribution in [2.75, 3.05) is 6.61 Å². The number of hydrogen-bond acceptors (Lipinski definition) is 3. The van der Waals surface area contributed by atoms with Crippen LogP contribution >= 0.6 is 0 Å². The van der Waals surface area contributed by atoms with Gasteiger partial charge in [-0.2, -0.15) is 0 Å². The zero-order chi connectivity index (χ0) is 15.5. The van der Waals surface area contributed by atoms with E-state index in [2.05, 4.69) is 6.92 Å². The van der Waals surface area contributed by atoms with Crippen LogP contribution in [0.1, 0.15) is 51.5 Å². The van der Waals surface area contributed by atoms with Crippen LogP contribution < -0.4 is 0 Å². The minimum Gasteiger partial charge on any atom is -0.462 e. The number of rotatable bonds is 9. The molecule has 3 nitrogen and oxygen atoms in total. The predicted octanol–water partition coefficient (Wildman–Crippen LogP) is 4.17. The molecule has 0 fully saturated rings. The first-order valence-electron chi connectivity index (χ1n) is 7.66. The first-order chi connectivity index (χ1) is 10.2. The fourth-order valence-electron chi connectivity index (χ4n) is 1.93. The zero-order valence-electron chi connectivity index (χ0n) is 12.9. The molecule has 0 radical (unpaired) electrons. The van der Waals surface area contributed by atoms with Crippen molar-refractivity contribution in [3.8, 4) is 0 Å². The molecule has 0 atom stereocenters. The Balaban J connectivity index is 2.68. The maximum atomic E-state index is 12.1. The summed E-state index contributed by atoms with van der Waals surface area (Å²) in [6.45, 7) is 4.25. The number of benzene rings is 1. The van der Waals surface area contributed by atoms with E-state index in [4.69, 9.17) is 4.74 Å². The second-order valence-electron chi connectivity index (χ2n) is 4.94. The van der Waals surface area contributed by atoms with Crippen molar-refractivity contribution in [1.82, 2.24) is 0 Å². The van der Waals surface area contributed by atoms with Crippen molar-refractivity contribution in [1.29, 1.82) is 0 Å². The molecule has 0 bridgehead atoms. The fraction of sp³-hybridized carbons (Fsp3) is 0.444. The Kier molecular flexibility index (Phi) is 8.10. The van der Waals surface area contributed by atoms with Crippen molar-refractivity contribution in [3.63, 3.8) is 0 Å². The van der Waals surface area contributed by atoms with Gasteiger partial charge in [0.2, 0.25) is 0 Å². The lowest BCUT2D eigenvalue weighted by atomic mass is 10.1. The Morgan fingerprint density at radius 2 is 1.76 bits per heavy atom. The second kappa shape index (κ2) is 9.92. The summed E-state index contributed by atoms with van der Waals surface area (Å²) in [7, 11) is 0. The zero-order valence-corrected chi connectivity index (χ0v) is 12.9. The van der Waals surface area contributed by atoms with E-state index in [9.17, 15) is 9.59 Å². The Bertz CT molecular complexity index is 474. The predicted molar refractivity (Wildman–Crippen MR) is 84.8 cm³/mol. The van der Waals surface area contributed by atoms with Gasteiger partial charge in [0.1, 0.15) is 5.57 Å². The van der Waals surface area contributed by atoms with Gasteiger partial charge < -0.3 is 4.74 Å². The Morgan fingerprint density at radius 3 is 2.38 bits per heavy atom. The molecule has 0 heterocycles. The van der Waals surface area contributed by atoms with Gasteiger partial charge in [-0.25, -0.2) is 4.79 Å². The van der Waals surface area contributed by atoms with E-state index in [1.807, 2.05) is 30.3 Å². The minimum atomic E-state index is -0.512. The van der Waals surface area contributed by atoms with Gasteiger partial charge in [-0.05, 0) is 18.1 Å². The summed E-state index contributed by atoms with van der Waals surface area (Å²) in [5.74, 6) is -0.695. The van der Waals surface area contributed by atoms with Gasteiger partial charge >= 0.3 is 5.97 Å². The maximum Gasteiger partial charge on any atom is 0.341 e. The summed E-state index contributed by atoms with van der Waals surface area (Å²) in [6, 6.07) is 9.35. The lowest BCUT2D eigenvalue weighted by Crippen LogP contribution is -2.16. The smallest absolute Gasteiger partial charge is 0.341 e. The van der Waals surface area contributed by atoms with E-state index in [0.717, 1.165) is 31.2 Å². The summed E-state index contributed by atoms with van der Waals surface area (Å²) in [5.41, 5.74) is 0.969. The molecular formula is C18H24O3. The van der Waals surface area contributed by atoms with E-state index < -0.39 is 5.97 Å². The molecule has 3 heteroatoms. The van der Waals surface area contributed by atoms with E-state index in [1.54, 1.807) is 13.0 Å². The monoisotopic (exact) mass is 288 g/mol. The number of carbonyl (C=O) groups is 2. The summed E-state index contributed by atoms with van der Waals surface area (Å²) in [4.78, 5) is 24.0. The highest BCUT2D eigenvalue weighted by Crippen LogP contribution is 2.11. The van der Waals surface area contributed by atoms with Crippen molar-refractivity contribution in [2.45, 2.75) is 46.0 Å². The standard InChI is InChI=1S/C18H24O3/c1-3-5-6-10-13-21-18(20)16(17(19)4-2)14-15-11-8-7-9-12-15/h7-9,11-12,14H,3-6,10,13H2,1-2H3. The van der Waals surface area contributed by atoms with Crippen LogP contribution in [0.3, 0.4) is 0 Å².